The quantitative estimate of drug-likeness (QED) is 0.744. The van der Waals surface area contributed by atoms with E-state index in [2.05, 4.69) is 55.2 Å². The van der Waals surface area contributed by atoms with E-state index in [0.29, 0.717) is 12.0 Å². The van der Waals surface area contributed by atoms with Gasteiger partial charge < -0.3 is 10.6 Å². The third kappa shape index (κ3) is 5.45. The topological polar surface area (TPSA) is 49.8 Å². The summed E-state index contributed by atoms with van der Waals surface area (Å²) < 4.78 is 0. The van der Waals surface area contributed by atoms with Gasteiger partial charge >= 0.3 is 0 Å². The maximum atomic E-state index is 4.60. The van der Waals surface area contributed by atoms with Gasteiger partial charge in [0.15, 0.2) is 0 Å². The summed E-state index contributed by atoms with van der Waals surface area (Å²) in [6.07, 6.45) is 3.65. The minimum atomic E-state index is 0.338. The van der Waals surface area contributed by atoms with Crippen LogP contribution in [-0.4, -0.2) is 22.6 Å². The Hall–Kier alpha value is -1.32. The Labute approximate surface area is 117 Å². The van der Waals surface area contributed by atoms with Crippen molar-refractivity contribution in [3.63, 3.8) is 0 Å². The van der Waals surface area contributed by atoms with Gasteiger partial charge in [-0.05, 0) is 20.3 Å². The second kappa shape index (κ2) is 7.97. The largest absolute Gasteiger partial charge is 0.370 e. The molecule has 1 aromatic heterocycles. The van der Waals surface area contributed by atoms with Crippen LogP contribution >= 0.6 is 0 Å². The Morgan fingerprint density at radius 1 is 1.11 bits per heavy atom. The highest BCUT2D eigenvalue weighted by Gasteiger charge is 2.09. The van der Waals surface area contributed by atoms with Crippen molar-refractivity contribution >= 4 is 11.6 Å². The maximum absolute atomic E-state index is 4.60. The summed E-state index contributed by atoms with van der Waals surface area (Å²) in [4.78, 5) is 9.13. The van der Waals surface area contributed by atoms with Crippen molar-refractivity contribution < 1.29 is 0 Å². The molecule has 0 bridgehead atoms. The van der Waals surface area contributed by atoms with Gasteiger partial charge in [-0.15, -0.1) is 0 Å². The molecule has 4 heteroatoms. The van der Waals surface area contributed by atoms with Gasteiger partial charge in [0.2, 0.25) is 0 Å². The number of unbranched alkanes of at least 4 members (excludes halogenated alkanes) is 1. The Balaban J connectivity index is 2.80. The van der Waals surface area contributed by atoms with Crippen LogP contribution in [0.2, 0.25) is 0 Å². The van der Waals surface area contributed by atoms with Gasteiger partial charge in [-0.3, -0.25) is 0 Å². The lowest BCUT2D eigenvalue weighted by Gasteiger charge is -2.16. The van der Waals surface area contributed by atoms with E-state index in [1.54, 1.807) is 0 Å². The predicted octanol–water partition coefficient (Wildman–Crippen LogP) is 4.02. The molecule has 19 heavy (non-hydrogen) atoms. The van der Waals surface area contributed by atoms with Crippen LogP contribution in [0.1, 0.15) is 65.6 Å². The van der Waals surface area contributed by atoms with Crippen LogP contribution in [0, 0.1) is 0 Å². The van der Waals surface area contributed by atoms with Crippen molar-refractivity contribution in [1.82, 2.24) is 9.97 Å². The van der Waals surface area contributed by atoms with Crippen LogP contribution in [0.15, 0.2) is 6.07 Å². The zero-order valence-corrected chi connectivity index (χ0v) is 13.0. The summed E-state index contributed by atoms with van der Waals surface area (Å²) in [7, 11) is 0. The van der Waals surface area contributed by atoms with Gasteiger partial charge in [0.25, 0.3) is 0 Å². The fourth-order valence-corrected chi connectivity index (χ4v) is 1.90. The lowest BCUT2D eigenvalue weighted by Crippen LogP contribution is -2.17. The van der Waals surface area contributed by atoms with Crippen LogP contribution < -0.4 is 10.6 Å². The lowest BCUT2D eigenvalue weighted by molar-refractivity contribution is 0.641. The van der Waals surface area contributed by atoms with Crippen molar-refractivity contribution in [3.05, 3.63) is 11.9 Å². The number of rotatable bonds is 8. The van der Waals surface area contributed by atoms with Crippen molar-refractivity contribution in [2.75, 3.05) is 17.2 Å². The van der Waals surface area contributed by atoms with E-state index in [1.807, 2.05) is 6.07 Å². The average molecular weight is 264 g/mol. The van der Waals surface area contributed by atoms with Gasteiger partial charge in [0.05, 0.1) is 0 Å². The van der Waals surface area contributed by atoms with E-state index < -0.39 is 0 Å². The lowest BCUT2D eigenvalue weighted by atomic mass is 10.1. The number of hydrogen-bond donors (Lipinski definition) is 2. The van der Waals surface area contributed by atoms with Crippen LogP contribution in [0.3, 0.4) is 0 Å². The first-order valence-corrected chi connectivity index (χ1v) is 7.46. The van der Waals surface area contributed by atoms with Crippen molar-refractivity contribution in [2.24, 2.45) is 0 Å². The van der Waals surface area contributed by atoms with Crippen LogP contribution in [0.4, 0.5) is 11.6 Å². The van der Waals surface area contributed by atoms with Crippen LogP contribution in [-0.2, 0) is 0 Å². The van der Waals surface area contributed by atoms with Crippen molar-refractivity contribution in [1.29, 1.82) is 0 Å². The molecule has 0 amide bonds. The first-order valence-electron chi connectivity index (χ1n) is 7.46. The summed E-state index contributed by atoms with van der Waals surface area (Å²) in [5.74, 6) is 3.07. The summed E-state index contributed by atoms with van der Waals surface area (Å²) >= 11 is 0. The van der Waals surface area contributed by atoms with E-state index in [1.165, 1.54) is 19.3 Å². The predicted molar refractivity (Wildman–Crippen MR) is 82.9 cm³/mol. The Bertz CT molecular complexity index is 376. The highest BCUT2D eigenvalue weighted by molar-refractivity contribution is 5.48. The molecule has 0 spiro atoms. The summed E-state index contributed by atoms with van der Waals surface area (Å²) in [6.45, 7) is 11.6. The fraction of sp³-hybridized carbons (Fsp3) is 0.733. The summed E-state index contributed by atoms with van der Waals surface area (Å²) in [6, 6.07) is 2.45. The maximum Gasteiger partial charge on any atom is 0.135 e. The molecule has 1 rings (SSSR count). The van der Waals surface area contributed by atoms with Gasteiger partial charge in [0.1, 0.15) is 17.5 Å². The van der Waals surface area contributed by atoms with Crippen LogP contribution in [0.5, 0.6) is 0 Å². The zero-order chi connectivity index (χ0) is 14.3. The van der Waals surface area contributed by atoms with Gasteiger partial charge in [-0.2, -0.15) is 0 Å². The normalized spacial score (nSPS) is 12.5. The minimum absolute atomic E-state index is 0.338. The molecule has 0 radical (unpaired) electrons. The smallest absolute Gasteiger partial charge is 0.135 e. The molecule has 0 aromatic carbocycles. The van der Waals surface area contributed by atoms with Crippen molar-refractivity contribution in [3.8, 4) is 0 Å². The first-order chi connectivity index (χ1) is 9.06. The standard InChI is InChI=1S/C15H28N4/c1-6-8-9-12(5)17-14-10-13(16-7-2)18-15(19-14)11(3)4/h10-12H,6-9H2,1-5H3,(H2,16,17,18,19). The molecule has 1 aromatic rings. The molecule has 1 unspecified atom stereocenters. The first kappa shape index (κ1) is 15.7. The van der Waals surface area contributed by atoms with Crippen LogP contribution in [0.25, 0.3) is 0 Å². The molecule has 2 N–H and O–H groups in total. The second-order valence-electron chi connectivity index (χ2n) is 5.37. The molecular weight excluding hydrogens is 236 g/mol. The molecule has 0 fully saturated rings. The third-order valence-corrected chi connectivity index (χ3v) is 3.00. The molecule has 1 heterocycles. The van der Waals surface area contributed by atoms with Gasteiger partial charge in [-0.1, -0.05) is 33.6 Å². The molecule has 0 aliphatic carbocycles. The number of nitrogens with one attached hydrogen (secondary N) is 2. The Morgan fingerprint density at radius 2 is 1.79 bits per heavy atom. The molecule has 108 valence electrons. The monoisotopic (exact) mass is 264 g/mol. The van der Waals surface area contributed by atoms with E-state index in [-0.39, 0.29) is 0 Å². The molecule has 0 saturated heterocycles. The highest BCUT2D eigenvalue weighted by atomic mass is 15.1. The Morgan fingerprint density at radius 3 is 2.37 bits per heavy atom. The zero-order valence-electron chi connectivity index (χ0n) is 13.0. The summed E-state index contributed by atoms with van der Waals surface area (Å²) in [5, 5.41) is 6.75. The average Bonchev–Trinajstić information content (AvgIpc) is 2.36. The highest BCUT2D eigenvalue weighted by Crippen LogP contribution is 2.18. The van der Waals surface area contributed by atoms with E-state index in [0.717, 1.165) is 24.0 Å². The molecule has 0 saturated carbocycles. The number of aromatic nitrogens is 2. The number of hydrogen-bond acceptors (Lipinski definition) is 4. The second-order valence-corrected chi connectivity index (χ2v) is 5.37. The SMILES string of the molecule is CCCCC(C)Nc1cc(NCC)nc(C(C)C)n1. The van der Waals surface area contributed by atoms with Gasteiger partial charge in [0, 0.05) is 24.6 Å². The molecule has 1 atom stereocenters. The molecular formula is C15H28N4. The molecule has 4 nitrogen and oxygen atoms in total. The minimum Gasteiger partial charge on any atom is -0.370 e. The third-order valence-electron chi connectivity index (χ3n) is 3.00. The van der Waals surface area contributed by atoms with Gasteiger partial charge in [-0.25, -0.2) is 9.97 Å². The van der Waals surface area contributed by atoms with E-state index >= 15 is 0 Å². The molecule has 0 aliphatic heterocycles. The Kier molecular flexibility index (Phi) is 6.60. The van der Waals surface area contributed by atoms with E-state index in [9.17, 15) is 0 Å². The van der Waals surface area contributed by atoms with E-state index in [4.69, 9.17) is 0 Å². The molecule has 0 aliphatic rings. The summed E-state index contributed by atoms with van der Waals surface area (Å²) in [5.41, 5.74) is 0. The van der Waals surface area contributed by atoms with Crippen molar-refractivity contribution in [2.45, 2.75) is 65.8 Å². The fourth-order valence-electron chi connectivity index (χ4n) is 1.90. The number of anilines is 2. The number of nitrogens with zero attached hydrogens (tertiary/aromatic N) is 2.